The Hall–Kier alpha value is -1.63. The summed E-state index contributed by atoms with van der Waals surface area (Å²) in [5, 5.41) is 15.2. The maximum atomic E-state index is 12.1. The minimum Gasteiger partial charge on any atom is -0.480 e. The quantitative estimate of drug-likeness (QED) is 0.726. The van der Waals surface area contributed by atoms with Gasteiger partial charge < -0.3 is 10.4 Å². The molecule has 0 bridgehead atoms. The third kappa shape index (κ3) is 5.70. The predicted octanol–water partition coefficient (Wildman–Crippen LogP) is 4.27. The summed E-state index contributed by atoms with van der Waals surface area (Å²) in [5.41, 5.74) is 1.31. The van der Waals surface area contributed by atoms with Gasteiger partial charge in [-0.2, -0.15) is 0 Å². The monoisotopic (exact) mass is 400 g/mol. The Morgan fingerprint density at radius 3 is 2.64 bits per heavy atom. The van der Waals surface area contributed by atoms with E-state index >= 15 is 0 Å². The molecule has 0 unspecified atom stereocenters. The molecular weight excluding hydrogens is 383 g/mol. The van der Waals surface area contributed by atoms with Crippen LogP contribution in [0.25, 0.3) is 10.6 Å². The summed E-state index contributed by atoms with van der Waals surface area (Å²) in [6, 6.07) is 4.24. The standard InChI is InChI=1S/C17H18Cl2N2O3S/c1-9(2)5-14(17(23)24)21-15(22)7-11-8-25-16(20-11)12-4-3-10(18)6-13(12)19/h3-4,6,8-9,14H,5,7H2,1-2H3,(H,21,22)(H,23,24)/t14-/m1/s1. The summed E-state index contributed by atoms with van der Waals surface area (Å²) in [5.74, 6) is -1.24. The van der Waals surface area contributed by atoms with Gasteiger partial charge in [-0.25, -0.2) is 9.78 Å². The van der Waals surface area contributed by atoms with Crippen molar-refractivity contribution in [1.82, 2.24) is 10.3 Å². The summed E-state index contributed by atoms with van der Waals surface area (Å²) in [6.45, 7) is 3.81. The number of carbonyl (C=O) groups excluding carboxylic acids is 1. The van der Waals surface area contributed by atoms with Crippen LogP contribution in [0.3, 0.4) is 0 Å². The van der Waals surface area contributed by atoms with Crippen molar-refractivity contribution in [3.63, 3.8) is 0 Å². The molecule has 0 saturated heterocycles. The highest BCUT2D eigenvalue weighted by Gasteiger charge is 2.21. The minimum absolute atomic E-state index is 0.0174. The third-order valence-electron chi connectivity index (χ3n) is 3.40. The number of amides is 1. The van der Waals surface area contributed by atoms with Crippen LogP contribution in [-0.4, -0.2) is 28.0 Å². The number of halogens is 2. The van der Waals surface area contributed by atoms with Crippen LogP contribution >= 0.6 is 34.5 Å². The molecule has 134 valence electrons. The first-order chi connectivity index (χ1) is 11.8. The molecule has 1 atom stereocenters. The lowest BCUT2D eigenvalue weighted by molar-refractivity contribution is -0.142. The van der Waals surface area contributed by atoms with E-state index in [1.165, 1.54) is 11.3 Å². The van der Waals surface area contributed by atoms with Crippen LogP contribution in [0.2, 0.25) is 10.0 Å². The van der Waals surface area contributed by atoms with Crippen LogP contribution in [0, 0.1) is 5.92 Å². The van der Waals surface area contributed by atoms with Gasteiger partial charge in [0, 0.05) is 16.0 Å². The second-order valence-corrected chi connectivity index (χ2v) is 7.73. The number of aliphatic carboxylic acids is 1. The maximum Gasteiger partial charge on any atom is 0.326 e. The molecule has 1 amide bonds. The molecule has 0 aliphatic heterocycles. The molecule has 8 heteroatoms. The number of rotatable bonds is 7. The number of carboxylic acid groups (broad SMARTS) is 1. The zero-order valence-electron chi connectivity index (χ0n) is 13.8. The lowest BCUT2D eigenvalue weighted by Crippen LogP contribution is -2.42. The van der Waals surface area contributed by atoms with Crippen molar-refractivity contribution < 1.29 is 14.7 Å². The van der Waals surface area contributed by atoms with Crippen LogP contribution in [0.5, 0.6) is 0 Å². The Balaban J connectivity index is 2.05. The van der Waals surface area contributed by atoms with Crippen LogP contribution in [0.15, 0.2) is 23.6 Å². The SMILES string of the molecule is CC(C)C[C@@H](NC(=O)Cc1csc(-c2ccc(Cl)cc2Cl)n1)C(=O)O. The number of nitrogens with one attached hydrogen (secondary N) is 1. The fourth-order valence-electron chi connectivity index (χ4n) is 2.28. The fourth-order valence-corrected chi connectivity index (χ4v) is 3.69. The third-order valence-corrected chi connectivity index (χ3v) is 4.87. The Kier molecular flexibility index (Phi) is 6.81. The average Bonchev–Trinajstić information content (AvgIpc) is 2.94. The van der Waals surface area contributed by atoms with Crippen LogP contribution < -0.4 is 5.32 Å². The molecular formula is C17H18Cl2N2O3S. The van der Waals surface area contributed by atoms with Gasteiger partial charge in [0.25, 0.3) is 0 Å². The number of aromatic nitrogens is 1. The number of hydrogen-bond acceptors (Lipinski definition) is 4. The Labute approximate surface area is 160 Å². The number of nitrogens with zero attached hydrogens (tertiary/aromatic N) is 1. The normalized spacial score (nSPS) is 12.2. The highest BCUT2D eigenvalue weighted by atomic mass is 35.5. The van der Waals surface area contributed by atoms with Gasteiger partial charge in [-0.05, 0) is 30.5 Å². The van der Waals surface area contributed by atoms with Crippen molar-refractivity contribution >= 4 is 46.4 Å². The van der Waals surface area contributed by atoms with Gasteiger partial charge in [-0.15, -0.1) is 11.3 Å². The van der Waals surface area contributed by atoms with Gasteiger partial charge in [0.2, 0.25) is 5.91 Å². The van der Waals surface area contributed by atoms with E-state index in [1.54, 1.807) is 23.6 Å². The summed E-state index contributed by atoms with van der Waals surface area (Å²) in [7, 11) is 0. The lowest BCUT2D eigenvalue weighted by atomic mass is 10.0. The van der Waals surface area contributed by atoms with Gasteiger partial charge >= 0.3 is 5.97 Å². The van der Waals surface area contributed by atoms with Crippen molar-refractivity contribution in [2.75, 3.05) is 0 Å². The first-order valence-corrected chi connectivity index (χ1v) is 9.31. The predicted molar refractivity (Wildman–Crippen MR) is 100 cm³/mol. The van der Waals surface area contributed by atoms with Crippen molar-refractivity contribution in [3.05, 3.63) is 39.3 Å². The topological polar surface area (TPSA) is 79.3 Å². The molecule has 5 nitrogen and oxygen atoms in total. The van der Waals surface area contributed by atoms with Gasteiger partial charge in [0.15, 0.2) is 0 Å². The molecule has 1 aromatic heterocycles. The molecule has 0 fully saturated rings. The molecule has 2 aromatic rings. The van der Waals surface area contributed by atoms with Crippen LogP contribution in [0.1, 0.15) is 26.0 Å². The Bertz CT molecular complexity index is 777. The number of thiazole rings is 1. The molecule has 0 radical (unpaired) electrons. The van der Waals surface area contributed by atoms with Gasteiger partial charge in [0.05, 0.1) is 17.1 Å². The summed E-state index contributed by atoms with van der Waals surface area (Å²) < 4.78 is 0. The number of carboxylic acids is 1. The van der Waals surface area contributed by atoms with Crippen molar-refractivity contribution in [1.29, 1.82) is 0 Å². The first kappa shape index (κ1) is 19.7. The maximum absolute atomic E-state index is 12.1. The van der Waals surface area contributed by atoms with E-state index in [4.69, 9.17) is 23.2 Å². The molecule has 1 aromatic carbocycles. The molecule has 0 aliphatic rings. The van der Waals surface area contributed by atoms with Crippen molar-refractivity contribution in [2.24, 2.45) is 5.92 Å². The van der Waals surface area contributed by atoms with Gasteiger partial charge in [0.1, 0.15) is 11.0 Å². The second kappa shape index (κ2) is 8.65. The number of carbonyl (C=O) groups is 2. The van der Waals surface area contributed by atoms with E-state index in [-0.39, 0.29) is 18.2 Å². The Morgan fingerprint density at radius 1 is 1.32 bits per heavy atom. The molecule has 2 N–H and O–H groups in total. The van der Waals surface area contributed by atoms with E-state index in [2.05, 4.69) is 10.3 Å². The molecule has 2 rings (SSSR count). The molecule has 0 saturated carbocycles. The molecule has 1 heterocycles. The number of hydrogen-bond donors (Lipinski definition) is 2. The summed E-state index contributed by atoms with van der Waals surface area (Å²) in [4.78, 5) is 27.7. The van der Waals surface area contributed by atoms with E-state index in [0.717, 1.165) is 5.56 Å². The lowest BCUT2D eigenvalue weighted by Gasteiger charge is -2.16. The zero-order chi connectivity index (χ0) is 18.6. The van der Waals surface area contributed by atoms with Crippen molar-refractivity contribution in [3.8, 4) is 10.6 Å². The van der Waals surface area contributed by atoms with Gasteiger partial charge in [-0.3, -0.25) is 4.79 Å². The molecule has 25 heavy (non-hydrogen) atoms. The van der Waals surface area contributed by atoms with E-state index < -0.39 is 12.0 Å². The largest absolute Gasteiger partial charge is 0.480 e. The van der Waals surface area contributed by atoms with E-state index in [0.29, 0.717) is 27.2 Å². The average molecular weight is 401 g/mol. The van der Waals surface area contributed by atoms with E-state index in [9.17, 15) is 14.7 Å². The van der Waals surface area contributed by atoms with Crippen LogP contribution in [-0.2, 0) is 16.0 Å². The molecule has 0 spiro atoms. The van der Waals surface area contributed by atoms with E-state index in [1.807, 2.05) is 13.8 Å². The number of benzene rings is 1. The molecule has 0 aliphatic carbocycles. The zero-order valence-corrected chi connectivity index (χ0v) is 16.1. The Morgan fingerprint density at radius 2 is 2.04 bits per heavy atom. The van der Waals surface area contributed by atoms with Crippen molar-refractivity contribution in [2.45, 2.75) is 32.7 Å². The minimum atomic E-state index is -1.03. The first-order valence-electron chi connectivity index (χ1n) is 7.68. The highest BCUT2D eigenvalue weighted by molar-refractivity contribution is 7.13. The highest BCUT2D eigenvalue weighted by Crippen LogP contribution is 2.32. The van der Waals surface area contributed by atoms with Crippen LogP contribution in [0.4, 0.5) is 0 Å². The smallest absolute Gasteiger partial charge is 0.326 e. The fraction of sp³-hybridized carbons (Fsp3) is 0.353. The summed E-state index contributed by atoms with van der Waals surface area (Å²) >= 11 is 13.4. The summed E-state index contributed by atoms with van der Waals surface area (Å²) in [6.07, 6.45) is 0.396. The second-order valence-electron chi connectivity index (χ2n) is 6.03. The van der Waals surface area contributed by atoms with Gasteiger partial charge in [-0.1, -0.05) is 37.0 Å².